The molecule has 12 nitrogen and oxygen atoms in total. The average molecular weight is 753 g/mol. The third kappa shape index (κ3) is 8.48. The standard InChI is InChI=1S/C40H51BN7O5S/c1-23(2)32(45-38(50)52-7)37(49)47-19-9-10-30(47)36-44-33(34(41-6)46-36)27-17-13-25(14-18-27)24-11-15-26(16-12-24)29-21-42-35(43-29)31-20-28(54-8)22-48(31)39(51)53-40(3,4)5/h11-18,21,23,28,30-32H,9-10,19-20,22H2,1-8H3,(H,42,43)(H,44,46)(H,45,50)/t28-,30-,31-,32-/m0/s1. The summed E-state index contributed by atoms with van der Waals surface area (Å²) in [6, 6.07) is 15.6. The number of carbonyl (C=O) groups is 3. The van der Waals surface area contributed by atoms with Crippen LogP contribution < -0.4 is 10.9 Å². The summed E-state index contributed by atoms with van der Waals surface area (Å²) in [4.78, 5) is 59.1. The fourth-order valence-corrected chi connectivity index (χ4v) is 7.94. The van der Waals surface area contributed by atoms with E-state index in [0.29, 0.717) is 18.3 Å². The minimum atomic E-state index is -0.690. The van der Waals surface area contributed by atoms with Crippen LogP contribution in [0.5, 0.6) is 0 Å². The number of rotatable bonds is 10. The number of imidazole rings is 2. The lowest BCUT2D eigenvalue weighted by molar-refractivity contribution is -0.135. The van der Waals surface area contributed by atoms with Gasteiger partial charge in [-0.15, -0.1) is 0 Å². The highest BCUT2D eigenvalue weighted by Crippen LogP contribution is 2.38. The van der Waals surface area contributed by atoms with E-state index < -0.39 is 17.7 Å². The van der Waals surface area contributed by atoms with E-state index in [1.54, 1.807) is 16.7 Å². The Morgan fingerprint density at radius 1 is 0.944 bits per heavy atom. The van der Waals surface area contributed by atoms with Gasteiger partial charge in [0, 0.05) is 23.9 Å². The minimum Gasteiger partial charge on any atom is -0.453 e. The summed E-state index contributed by atoms with van der Waals surface area (Å²) in [5.41, 5.74) is 6.16. The number of nitrogens with one attached hydrogen (secondary N) is 3. The van der Waals surface area contributed by atoms with E-state index in [9.17, 15) is 14.4 Å². The predicted molar refractivity (Wildman–Crippen MR) is 214 cm³/mol. The summed E-state index contributed by atoms with van der Waals surface area (Å²) in [7, 11) is 3.30. The van der Waals surface area contributed by atoms with Crippen molar-refractivity contribution in [1.82, 2.24) is 35.1 Å². The third-order valence-electron chi connectivity index (χ3n) is 10.1. The molecule has 54 heavy (non-hydrogen) atoms. The summed E-state index contributed by atoms with van der Waals surface area (Å²) >= 11 is 1.76. The molecule has 14 heteroatoms. The Morgan fingerprint density at radius 2 is 1.59 bits per heavy atom. The molecule has 4 atom stereocenters. The molecule has 2 aromatic carbocycles. The van der Waals surface area contributed by atoms with Crippen LogP contribution in [0.25, 0.3) is 33.6 Å². The van der Waals surface area contributed by atoms with Gasteiger partial charge in [-0.3, -0.25) is 9.69 Å². The number of ether oxygens (including phenoxy) is 2. The van der Waals surface area contributed by atoms with E-state index in [0.717, 1.165) is 70.1 Å². The van der Waals surface area contributed by atoms with Crippen LogP contribution in [-0.2, 0) is 14.3 Å². The zero-order valence-corrected chi connectivity index (χ0v) is 33.3. The largest absolute Gasteiger partial charge is 0.453 e. The summed E-state index contributed by atoms with van der Waals surface area (Å²) in [5, 5.41) is 3.03. The van der Waals surface area contributed by atoms with Gasteiger partial charge in [-0.2, -0.15) is 11.8 Å². The number of hydrogen-bond donors (Lipinski definition) is 3. The van der Waals surface area contributed by atoms with Gasteiger partial charge < -0.3 is 29.7 Å². The van der Waals surface area contributed by atoms with Gasteiger partial charge in [0.05, 0.1) is 36.8 Å². The van der Waals surface area contributed by atoms with Crippen LogP contribution in [0.3, 0.4) is 0 Å². The summed E-state index contributed by atoms with van der Waals surface area (Å²) in [6.45, 7) is 12.7. The Morgan fingerprint density at radius 3 is 2.19 bits per heavy atom. The lowest BCUT2D eigenvalue weighted by Gasteiger charge is -2.30. The monoisotopic (exact) mass is 752 g/mol. The Hall–Kier alpha value is -4.72. The molecular formula is C40H51BN7O5S. The smallest absolute Gasteiger partial charge is 0.410 e. The van der Waals surface area contributed by atoms with Crippen LogP contribution in [0.15, 0.2) is 54.7 Å². The highest BCUT2D eigenvalue weighted by atomic mass is 32.2. The molecule has 0 unspecified atom stereocenters. The van der Waals surface area contributed by atoms with Crippen LogP contribution in [-0.4, -0.2) is 98.5 Å². The van der Waals surface area contributed by atoms with Crippen molar-refractivity contribution in [2.45, 2.75) is 89.7 Å². The van der Waals surface area contributed by atoms with Gasteiger partial charge in [0.25, 0.3) is 0 Å². The van der Waals surface area contributed by atoms with E-state index in [1.165, 1.54) is 7.11 Å². The molecule has 4 aromatic rings. The number of benzene rings is 2. The Labute approximate surface area is 322 Å². The van der Waals surface area contributed by atoms with Crippen LogP contribution in [0, 0.1) is 5.92 Å². The second-order valence-corrected chi connectivity index (χ2v) is 16.4. The number of H-pyrrole nitrogens is 2. The molecule has 2 fully saturated rings. The van der Waals surface area contributed by atoms with Crippen LogP contribution in [0.1, 0.15) is 77.6 Å². The first-order valence-corrected chi connectivity index (χ1v) is 19.9. The molecule has 0 aliphatic carbocycles. The summed E-state index contributed by atoms with van der Waals surface area (Å²) in [6.07, 6.45) is 5.42. The topological polar surface area (TPSA) is 146 Å². The van der Waals surface area contributed by atoms with Crippen LogP contribution in [0.4, 0.5) is 9.59 Å². The zero-order chi connectivity index (χ0) is 38.7. The predicted octanol–water partition coefficient (Wildman–Crippen LogP) is 6.97. The number of aromatic amines is 2. The van der Waals surface area contributed by atoms with Crippen molar-refractivity contribution in [2.24, 2.45) is 5.92 Å². The van der Waals surface area contributed by atoms with Gasteiger partial charge in [0.2, 0.25) is 5.91 Å². The maximum absolute atomic E-state index is 13.7. The fourth-order valence-electron chi connectivity index (χ4n) is 7.25. The lowest BCUT2D eigenvalue weighted by atomic mass is 9.76. The SMILES string of the molecule is C[B]c1[nH]c([C@@H]2CCCN2C(=O)[C@@H](NC(=O)OC)C(C)C)nc1-c1ccc(-c2ccc(-c3cnc([C@@H]4C[C@H](SC)CN4C(=O)OC(C)(C)C)[nH]3)cc2)cc1. The van der Waals surface area contributed by atoms with Crippen LogP contribution in [0.2, 0.25) is 6.82 Å². The van der Waals surface area contributed by atoms with Crippen molar-refractivity contribution in [1.29, 1.82) is 0 Å². The molecule has 2 aromatic heterocycles. The van der Waals surface area contributed by atoms with Gasteiger partial charge in [-0.25, -0.2) is 19.6 Å². The van der Waals surface area contributed by atoms with Gasteiger partial charge in [0.15, 0.2) is 7.28 Å². The number of likely N-dealkylation sites (tertiary alicyclic amines) is 2. The molecule has 4 heterocycles. The first kappa shape index (κ1) is 39.0. The summed E-state index contributed by atoms with van der Waals surface area (Å²) < 4.78 is 10.5. The molecule has 3 N–H and O–H groups in total. The van der Waals surface area contributed by atoms with E-state index >= 15 is 0 Å². The Kier molecular flexibility index (Phi) is 11.8. The second-order valence-electron chi connectivity index (χ2n) is 15.3. The number of aromatic nitrogens is 4. The highest BCUT2D eigenvalue weighted by Gasteiger charge is 2.40. The lowest BCUT2D eigenvalue weighted by Crippen LogP contribution is -2.51. The number of amides is 3. The average Bonchev–Trinajstić information content (AvgIpc) is 3.98. The molecule has 0 saturated carbocycles. The van der Waals surface area contributed by atoms with Crippen molar-refractivity contribution in [3.8, 4) is 33.6 Å². The van der Waals surface area contributed by atoms with Crippen LogP contribution >= 0.6 is 11.8 Å². The number of nitrogens with zero attached hydrogens (tertiary/aromatic N) is 4. The van der Waals surface area contributed by atoms with E-state index in [2.05, 4.69) is 70.1 Å². The number of alkyl carbamates (subject to hydrolysis) is 1. The molecule has 0 bridgehead atoms. The van der Waals surface area contributed by atoms with Crippen molar-refractivity contribution < 1.29 is 23.9 Å². The maximum atomic E-state index is 13.7. The van der Waals surface area contributed by atoms with Gasteiger partial charge in [0.1, 0.15) is 23.3 Å². The molecule has 2 aliphatic heterocycles. The summed E-state index contributed by atoms with van der Waals surface area (Å²) in [5.74, 6) is 1.26. The second kappa shape index (κ2) is 16.3. The van der Waals surface area contributed by atoms with Gasteiger partial charge in [-0.05, 0) is 74.5 Å². The van der Waals surface area contributed by atoms with E-state index in [-0.39, 0.29) is 30.0 Å². The first-order valence-electron chi connectivity index (χ1n) is 18.6. The third-order valence-corrected chi connectivity index (χ3v) is 11.1. The molecule has 6 rings (SSSR count). The van der Waals surface area contributed by atoms with Crippen molar-refractivity contribution in [2.75, 3.05) is 26.5 Å². The maximum Gasteiger partial charge on any atom is 0.410 e. The molecule has 3 amide bonds. The van der Waals surface area contributed by atoms with E-state index in [1.807, 2.05) is 59.8 Å². The minimum absolute atomic E-state index is 0.106. The first-order chi connectivity index (χ1) is 25.8. The number of carbonyl (C=O) groups excluding carboxylic acids is 3. The van der Waals surface area contributed by atoms with Crippen molar-refractivity contribution in [3.63, 3.8) is 0 Å². The number of thioether (sulfide) groups is 1. The van der Waals surface area contributed by atoms with Gasteiger partial charge in [-0.1, -0.05) is 69.2 Å². The van der Waals surface area contributed by atoms with Crippen molar-refractivity contribution >= 4 is 42.7 Å². The molecule has 2 aliphatic rings. The molecule has 1 radical (unpaired) electrons. The fraction of sp³-hybridized carbons (Fsp3) is 0.475. The normalized spacial score (nSPS) is 19.2. The number of hydrogen-bond acceptors (Lipinski definition) is 8. The van der Waals surface area contributed by atoms with Gasteiger partial charge >= 0.3 is 12.2 Å². The Balaban J connectivity index is 1.16. The van der Waals surface area contributed by atoms with E-state index in [4.69, 9.17) is 19.4 Å². The highest BCUT2D eigenvalue weighted by molar-refractivity contribution is 7.99. The molecular weight excluding hydrogens is 701 g/mol. The van der Waals surface area contributed by atoms with Crippen molar-refractivity contribution in [3.05, 3.63) is 66.4 Å². The Bertz CT molecular complexity index is 1940. The molecule has 2 saturated heterocycles. The number of methoxy groups -OCH3 is 1. The quantitative estimate of drug-likeness (QED) is 0.147. The molecule has 0 spiro atoms. The zero-order valence-electron chi connectivity index (χ0n) is 32.4. The molecule has 285 valence electrons.